The third kappa shape index (κ3) is 3.40. The van der Waals surface area contributed by atoms with Crippen LogP contribution in [0.5, 0.6) is 0 Å². The molecule has 3 aromatic rings. The molecule has 0 aromatic heterocycles. The Balaban J connectivity index is 1.54. The molecule has 5 heteroatoms. The van der Waals surface area contributed by atoms with Crippen LogP contribution in [0.2, 0.25) is 0 Å². The molecule has 0 spiro atoms. The number of ether oxygens (including phenoxy) is 1. The summed E-state index contributed by atoms with van der Waals surface area (Å²) < 4.78 is 5.52. The molecule has 1 aliphatic rings. The lowest BCUT2D eigenvalue weighted by atomic mass is 9.98. The van der Waals surface area contributed by atoms with Crippen molar-refractivity contribution in [3.05, 3.63) is 88.5 Å². The molecule has 0 radical (unpaired) electrons. The third-order valence-electron chi connectivity index (χ3n) is 5.39. The highest BCUT2D eigenvalue weighted by Crippen LogP contribution is 2.44. The zero-order valence-corrected chi connectivity index (χ0v) is 16.3. The summed E-state index contributed by atoms with van der Waals surface area (Å²) in [6.45, 7) is 1.78. The van der Waals surface area contributed by atoms with Crippen LogP contribution in [0.25, 0.3) is 11.1 Å². The van der Waals surface area contributed by atoms with E-state index < -0.39 is 12.1 Å². The molecule has 4 rings (SSSR count). The summed E-state index contributed by atoms with van der Waals surface area (Å²) in [6.07, 6.45) is 4.75. The Kier molecular flexibility index (Phi) is 4.99. The normalized spacial score (nSPS) is 11.9. The molecule has 0 saturated heterocycles. The number of anilines is 1. The number of carboxylic acid groups (broad SMARTS) is 1. The van der Waals surface area contributed by atoms with Gasteiger partial charge in [-0.15, -0.1) is 6.42 Å². The van der Waals surface area contributed by atoms with Gasteiger partial charge in [0.1, 0.15) is 6.61 Å². The van der Waals surface area contributed by atoms with E-state index in [9.17, 15) is 14.7 Å². The van der Waals surface area contributed by atoms with Gasteiger partial charge < -0.3 is 9.84 Å². The van der Waals surface area contributed by atoms with Crippen molar-refractivity contribution in [2.45, 2.75) is 12.8 Å². The van der Waals surface area contributed by atoms with Gasteiger partial charge in [-0.25, -0.2) is 9.59 Å². The number of rotatable bonds is 4. The topological polar surface area (TPSA) is 75.6 Å². The largest absolute Gasteiger partial charge is 0.478 e. The van der Waals surface area contributed by atoms with Gasteiger partial charge in [0.15, 0.2) is 0 Å². The smallest absolute Gasteiger partial charge is 0.411 e. The van der Waals surface area contributed by atoms with Crippen LogP contribution in [0.3, 0.4) is 0 Å². The lowest BCUT2D eigenvalue weighted by Gasteiger charge is -2.16. The van der Waals surface area contributed by atoms with Crippen LogP contribution in [0.15, 0.2) is 60.7 Å². The van der Waals surface area contributed by atoms with Gasteiger partial charge in [-0.05, 0) is 46.9 Å². The van der Waals surface area contributed by atoms with Crippen molar-refractivity contribution in [2.75, 3.05) is 11.9 Å². The number of amides is 1. The third-order valence-corrected chi connectivity index (χ3v) is 5.39. The van der Waals surface area contributed by atoms with E-state index in [-0.39, 0.29) is 18.1 Å². The lowest BCUT2D eigenvalue weighted by molar-refractivity contribution is 0.0696. The number of aromatic carboxylic acids is 1. The maximum Gasteiger partial charge on any atom is 0.411 e. The van der Waals surface area contributed by atoms with Gasteiger partial charge >= 0.3 is 12.1 Å². The lowest BCUT2D eigenvalue weighted by Crippen LogP contribution is -2.19. The Morgan fingerprint density at radius 2 is 1.67 bits per heavy atom. The van der Waals surface area contributed by atoms with Crippen molar-refractivity contribution in [1.29, 1.82) is 0 Å². The second-order valence-electron chi connectivity index (χ2n) is 7.10. The van der Waals surface area contributed by atoms with Crippen molar-refractivity contribution in [1.82, 2.24) is 0 Å². The van der Waals surface area contributed by atoms with Crippen molar-refractivity contribution >= 4 is 17.7 Å². The highest BCUT2D eigenvalue weighted by atomic mass is 16.5. The average molecular weight is 397 g/mol. The van der Waals surface area contributed by atoms with Crippen LogP contribution >= 0.6 is 0 Å². The number of terminal acetylenes is 1. The molecule has 0 heterocycles. The summed E-state index contributed by atoms with van der Waals surface area (Å²) >= 11 is 0. The molecule has 148 valence electrons. The maximum atomic E-state index is 12.5. The standard InChI is InChI=1S/C25H19NO4/c1-3-16-12-21(24(27)28)15(2)23(13-16)26-25(29)30-14-22-19-10-6-4-8-17(19)18-9-5-7-11-20(18)22/h1,4-13,22H,14H2,2H3,(H,26,29)(H,27,28). The van der Waals surface area contributed by atoms with E-state index >= 15 is 0 Å². The Labute approximate surface area is 174 Å². The molecule has 0 fully saturated rings. The first-order valence-corrected chi connectivity index (χ1v) is 9.46. The molecule has 0 atom stereocenters. The van der Waals surface area contributed by atoms with Crippen LogP contribution in [0, 0.1) is 19.3 Å². The SMILES string of the molecule is C#Cc1cc(NC(=O)OCC2c3ccccc3-c3ccccc32)c(C)c(C(=O)O)c1. The fraction of sp³-hybridized carbons (Fsp3) is 0.120. The van der Waals surface area contributed by atoms with Crippen LogP contribution in [0.4, 0.5) is 10.5 Å². The van der Waals surface area contributed by atoms with Crippen LogP contribution < -0.4 is 5.32 Å². The van der Waals surface area contributed by atoms with Crippen molar-refractivity contribution in [2.24, 2.45) is 0 Å². The molecule has 30 heavy (non-hydrogen) atoms. The Hall–Kier alpha value is -4.04. The number of carboxylic acids is 1. The van der Waals surface area contributed by atoms with Crippen LogP contribution in [0.1, 0.15) is 38.5 Å². The summed E-state index contributed by atoms with van der Waals surface area (Å²) in [6, 6.07) is 19.1. The van der Waals surface area contributed by atoms with Crippen LogP contribution in [-0.2, 0) is 4.74 Å². The number of carbonyl (C=O) groups excluding carboxylic acids is 1. The van der Waals surface area contributed by atoms with Gasteiger partial charge in [-0.2, -0.15) is 0 Å². The van der Waals surface area contributed by atoms with E-state index in [1.807, 2.05) is 36.4 Å². The molecule has 0 unspecified atom stereocenters. The second-order valence-corrected chi connectivity index (χ2v) is 7.10. The second kappa shape index (κ2) is 7.76. The average Bonchev–Trinajstić information content (AvgIpc) is 3.07. The minimum Gasteiger partial charge on any atom is -0.478 e. The van der Waals surface area contributed by atoms with E-state index in [1.54, 1.807) is 13.0 Å². The first-order valence-electron chi connectivity index (χ1n) is 9.46. The van der Waals surface area contributed by atoms with Crippen molar-refractivity contribution in [3.8, 4) is 23.5 Å². The number of nitrogens with one attached hydrogen (secondary N) is 1. The number of hydrogen-bond acceptors (Lipinski definition) is 3. The van der Waals surface area contributed by atoms with Gasteiger partial charge in [-0.1, -0.05) is 54.5 Å². The Morgan fingerprint density at radius 1 is 1.07 bits per heavy atom. The predicted molar refractivity (Wildman–Crippen MR) is 115 cm³/mol. The van der Waals surface area contributed by atoms with E-state index in [0.717, 1.165) is 22.3 Å². The van der Waals surface area contributed by atoms with Crippen molar-refractivity contribution in [3.63, 3.8) is 0 Å². The number of benzene rings is 3. The number of hydrogen-bond donors (Lipinski definition) is 2. The number of carbonyl (C=O) groups is 2. The molecule has 0 bridgehead atoms. The highest BCUT2D eigenvalue weighted by Gasteiger charge is 2.29. The fourth-order valence-electron chi connectivity index (χ4n) is 3.89. The molecule has 1 aliphatic carbocycles. The molecule has 1 amide bonds. The van der Waals surface area contributed by atoms with E-state index in [0.29, 0.717) is 16.8 Å². The van der Waals surface area contributed by atoms with Crippen molar-refractivity contribution < 1.29 is 19.4 Å². The maximum absolute atomic E-state index is 12.5. The molecular weight excluding hydrogens is 378 g/mol. The molecule has 5 nitrogen and oxygen atoms in total. The summed E-state index contributed by atoms with van der Waals surface area (Å²) in [5, 5.41) is 12.0. The van der Waals surface area contributed by atoms with Gasteiger partial charge in [0, 0.05) is 17.2 Å². The van der Waals surface area contributed by atoms with E-state index in [1.165, 1.54) is 6.07 Å². The number of fused-ring (bicyclic) bond motifs is 3. The molecule has 0 saturated carbocycles. The Bertz CT molecular complexity index is 1160. The summed E-state index contributed by atoms with van der Waals surface area (Å²) in [5.41, 5.74) is 5.66. The van der Waals surface area contributed by atoms with Gasteiger partial charge in [0.25, 0.3) is 0 Å². The summed E-state index contributed by atoms with van der Waals surface area (Å²) in [4.78, 5) is 23.9. The predicted octanol–water partition coefficient (Wildman–Crippen LogP) is 5.04. The quantitative estimate of drug-likeness (QED) is 0.605. The molecule has 2 N–H and O–H groups in total. The molecule has 0 aliphatic heterocycles. The van der Waals surface area contributed by atoms with Crippen LogP contribution in [-0.4, -0.2) is 23.8 Å². The van der Waals surface area contributed by atoms with Gasteiger partial charge in [-0.3, -0.25) is 5.32 Å². The first-order chi connectivity index (χ1) is 14.5. The monoisotopic (exact) mass is 397 g/mol. The summed E-state index contributed by atoms with van der Waals surface area (Å²) in [7, 11) is 0. The van der Waals surface area contributed by atoms with Gasteiger partial charge in [0.2, 0.25) is 0 Å². The fourth-order valence-corrected chi connectivity index (χ4v) is 3.89. The minimum absolute atomic E-state index is 0.0411. The zero-order chi connectivity index (χ0) is 21.3. The van der Waals surface area contributed by atoms with E-state index in [4.69, 9.17) is 11.2 Å². The Morgan fingerprint density at radius 3 is 2.23 bits per heavy atom. The minimum atomic E-state index is -1.11. The highest BCUT2D eigenvalue weighted by molar-refractivity contribution is 5.95. The zero-order valence-electron chi connectivity index (χ0n) is 16.3. The van der Waals surface area contributed by atoms with E-state index in [2.05, 4.69) is 23.4 Å². The summed E-state index contributed by atoms with van der Waals surface area (Å²) in [5.74, 6) is 1.24. The molecular formula is C25H19NO4. The molecule has 3 aromatic carbocycles. The first kappa shape index (κ1) is 19.3. The van der Waals surface area contributed by atoms with Gasteiger partial charge in [0.05, 0.1) is 5.56 Å².